The van der Waals surface area contributed by atoms with E-state index in [-0.39, 0.29) is 29.1 Å². The zero-order chi connectivity index (χ0) is 37.1. The van der Waals surface area contributed by atoms with Crippen LogP contribution in [0.15, 0.2) is 121 Å². The first-order valence-corrected chi connectivity index (χ1v) is 20.9. The second kappa shape index (κ2) is 15.5. The Hall–Kier alpha value is -4.12. The van der Waals surface area contributed by atoms with Gasteiger partial charge in [-0.3, -0.25) is 4.79 Å². The van der Waals surface area contributed by atoms with Crippen molar-refractivity contribution in [2.24, 2.45) is 0 Å². The first kappa shape index (κ1) is 37.6. The largest absolute Gasteiger partial charge is 0.597 e. The van der Waals surface area contributed by atoms with Crippen molar-refractivity contribution in [3.63, 3.8) is 0 Å². The summed E-state index contributed by atoms with van der Waals surface area (Å²) in [4.78, 5) is 18.6. The molecule has 0 radical (unpaired) electrons. The third-order valence-corrected chi connectivity index (χ3v) is 16.6. The number of nitrogens with one attached hydrogen (secondary N) is 1. The maximum atomic E-state index is 14.4. The van der Waals surface area contributed by atoms with Crippen molar-refractivity contribution in [2.45, 2.75) is 76.9 Å². The van der Waals surface area contributed by atoms with Gasteiger partial charge in [-0.2, -0.15) is 0 Å². The van der Waals surface area contributed by atoms with E-state index in [4.69, 9.17) is 9.41 Å². The molecule has 0 aliphatic carbocycles. The number of amides is 1. The van der Waals surface area contributed by atoms with Gasteiger partial charge in [0.1, 0.15) is 16.3 Å². The molecule has 0 spiro atoms. The number of carbonyl (C=O) groups excluding carboxylic acids is 1. The van der Waals surface area contributed by atoms with Gasteiger partial charge in [-0.25, -0.2) is 9.37 Å². The van der Waals surface area contributed by atoms with Crippen LogP contribution in [0.25, 0.3) is 11.3 Å². The van der Waals surface area contributed by atoms with E-state index in [1.54, 1.807) is 18.2 Å². The Bertz CT molecular complexity index is 1950. The molecule has 1 aliphatic heterocycles. The number of halogens is 1. The quantitative estimate of drug-likeness (QED) is 0.110. The normalized spacial score (nSPS) is 15.7. The number of hydrogen-bond donors (Lipinski definition) is 1. The van der Waals surface area contributed by atoms with Crippen LogP contribution in [0.2, 0.25) is 5.04 Å². The van der Waals surface area contributed by atoms with E-state index in [0.717, 1.165) is 16.7 Å². The van der Waals surface area contributed by atoms with Crippen LogP contribution in [0.3, 0.4) is 0 Å². The SMILES string of the molecule is CC(C)(C)[S@@+]([O-])N1Cc2cc(C(=O)NCc3ccccc3F)nc(-c3ccccc3)c2C1CCO[Si](c1ccccc1)(c1ccccc1)C(C)(C)C. The molecule has 4 aromatic carbocycles. The van der Waals surface area contributed by atoms with Gasteiger partial charge in [0.2, 0.25) is 0 Å². The fourth-order valence-electron chi connectivity index (χ4n) is 7.27. The van der Waals surface area contributed by atoms with Crippen LogP contribution in [0.1, 0.15) is 81.2 Å². The summed E-state index contributed by atoms with van der Waals surface area (Å²) < 4.78 is 37.6. The summed E-state index contributed by atoms with van der Waals surface area (Å²) in [6.45, 7) is 13.6. The predicted octanol–water partition coefficient (Wildman–Crippen LogP) is 8.10. The van der Waals surface area contributed by atoms with Gasteiger partial charge in [0.25, 0.3) is 14.2 Å². The summed E-state index contributed by atoms with van der Waals surface area (Å²) in [5, 5.41) is 5.07. The van der Waals surface area contributed by atoms with Crippen molar-refractivity contribution in [1.29, 1.82) is 0 Å². The molecule has 270 valence electrons. The molecule has 9 heteroatoms. The maximum Gasteiger partial charge on any atom is 0.270 e. The number of pyridine rings is 1. The molecule has 2 atom stereocenters. The van der Waals surface area contributed by atoms with E-state index in [9.17, 15) is 13.7 Å². The van der Waals surface area contributed by atoms with E-state index in [2.05, 4.69) is 78.9 Å². The van der Waals surface area contributed by atoms with Crippen LogP contribution in [0.4, 0.5) is 4.39 Å². The number of fused-ring (bicyclic) bond motifs is 1. The smallest absolute Gasteiger partial charge is 0.270 e. The molecule has 52 heavy (non-hydrogen) atoms. The number of nitrogens with zero attached hydrogens (tertiary/aromatic N) is 2. The fraction of sp³-hybridized carbons (Fsp3) is 0.302. The van der Waals surface area contributed by atoms with Gasteiger partial charge >= 0.3 is 0 Å². The Morgan fingerprint density at radius 1 is 0.885 bits per heavy atom. The third kappa shape index (κ3) is 7.65. The standard InChI is InChI=1S/C43H48FN3O3SSi/c1-42(2,3)51(49)47-30-33-28-37(41(48)45-29-32-20-16-17-25-36(32)44)46-40(31-18-10-7-11-19-31)39(33)38(47)26-27-50-52(43(4,5)6,34-21-12-8-13-22-34)35-23-14-9-15-24-35/h7-25,28,38H,26-27,29-30H2,1-6H3,(H,45,48)/t38?,51-/m1/s1. The molecular formula is C43H48FN3O3SSi. The lowest BCUT2D eigenvalue weighted by atomic mass is 9.96. The lowest BCUT2D eigenvalue weighted by Gasteiger charge is -2.43. The number of carbonyl (C=O) groups is 1. The highest BCUT2D eigenvalue weighted by atomic mass is 32.2. The lowest BCUT2D eigenvalue weighted by Crippen LogP contribution is -2.66. The molecule has 1 amide bonds. The predicted molar refractivity (Wildman–Crippen MR) is 212 cm³/mol. The molecule has 0 bridgehead atoms. The van der Waals surface area contributed by atoms with Gasteiger partial charge in [-0.15, -0.1) is 4.31 Å². The van der Waals surface area contributed by atoms with Crippen LogP contribution < -0.4 is 15.7 Å². The van der Waals surface area contributed by atoms with Crippen molar-refractivity contribution in [1.82, 2.24) is 14.6 Å². The number of hydrogen-bond acceptors (Lipinski definition) is 5. The maximum absolute atomic E-state index is 14.4. The minimum atomic E-state index is -2.83. The molecule has 1 unspecified atom stereocenters. The van der Waals surface area contributed by atoms with Gasteiger partial charge in [0.05, 0.1) is 18.3 Å². The molecular weight excluding hydrogens is 686 g/mol. The Morgan fingerprint density at radius 2 is 1.44 bits per heavy atom. The summed E-state index contributed by atoms with van der Waals surface area (Å²) in [5.41, 5.74) is 4.04. The highest BCUT2D eigenvalue weighted by molar-refractivity contribution is 7.90. The van der Waals surface area contributed by atoms with Crippen molar-refractivity contribution in [2.75, 3.05) is 6.61 Å². The summed E-state index contributed by atoms with van der Waals surface area (Å²) >= 11 is -1.38. The van der Waals surface area contributed by atoms with Crippen molar-refractivity contribution < 1.29 is 18.2 Å². The molecule has 0 fully saturated rings. The molecule has 1 aliphatic rings. The topological polar surface area (TPSA) is 77.5 Å². The highest BCUT2D eigenvalue weighted by Crippen LogP contribution is 2.46. The number of aromatic nitrogens is 1. The minimum absolute atomic E-state index is 0.0350. The van der Waals surface area contributed by atoms with Crippen LogP contribution in [-0.2, 0) is 28.9 Å². The summed E-state index contributed by atoms with van der Waals surface area (Å²) in [6.07, 6.45) is 0.569. The van der Waals surface area contributed by atoms with Crippen LogP contribution in [0, 0.1) is 5.82 Å². The van der Waals surface area contributed by atoms with Crippen molar-refractivity contribution in [3.8, 4) is 11.3 Å². The summed E-state index contributed by atoms with van der Waals surface area (Å²) in [6, 6.07) is 38.9. The fourth-order valence-corrected chi connectivity index (χ4v) is 13.3. The molecule has 2 heterocycles. The summed E-state index contributed by atoms with van der Waals surface area (Å²) in [7, 11) is -2.83. The molecule has 0 saturated carbocycles. The van der Waals surface area contributed by atoms with Gasteiger partial charge in [-0.1, -0.05) is 130 Å². The third-order valence-electron chi connectivity index (χ3n) is 9.69. The van der Waals surface area contributed by atoms with E-state index in [0.29, 0.717) is 30.8 Å². The molecule has 6 nitrogen and oxygen atoms in total. The zero-order valence-corrected chi connectivity index (χ0v) is 32.7. The summed E-state index contributed by atoms with van der Waals surface area (Å²) in [5.74, 6) is -0.775. The zero-order valence-electron chi connectivity index (χ0n) is 30.9. The van der Waals surface area contributed by atoms with Crippen molar-refractivity contribution in [3.05, 3.63) is 150 Å². The van der Waals surface area contributed by atoms with Gasteiger partial charge in [0, 0.05) is 41.2 Å². The molecule has 6 rings (SSSR count). The first-order valence-electron chi connectivity index (χ1n) is 17.9. The minimum Gasteiger partial charge on any atom is -0.597 e. The molecule has 1 N–H and O–H groups in total. The first-order chi connectivity index (χ1) is 24.8. The monoisotopic (exact) mass is 733 g/mol. The Balaban J connectivity index is 1.40. The molecule has 5 aromatic rings. The second-order valence-corrected chi connectivity index (χ2v) is 21.8. The molecule has 0 saturated heterocycles. The van der Waals surface area contributed by atoms with Crippen LogP contribution in [-0.4, -0.2) is 39.4 Å². The molecule has 1 aromatic heterocycles. The average Bonchev–Trinajstić information content (AvgIpc) is 3.50. The van der Waals surface area contributed by atoms with E-state index >= 15 is 0 Å². The van der Waals surface area contributed by atoms with E-state index in [1.165, 1.54) is 16.4 Å². The van der Waals surface area contributed by atoms with Crippen LogP contribution >= 0.6 is 0 Å². The Kier molecular flexibility index (Phi) is 11.2. The van der Waals surface area contributed by atoms with Crippen LogP contribution in [0.5, 0.6) is 0 Å². The lowest BCUT2D eigenvalue weighted by molar-refractivity contribution is 0.0945. The number of benzene rings is 4. The van der Waals surface area contributed by atoms with Gasteiger partial charge in [-0.05, 0) is 60.3 Å². The van der Waals surface area contributed by atoms with E-state index in [1.807, 2.05) is 69.3 Å². The number of rotatable bonds is 11. The van der Waals surface area contributed by atoms with Gasteiger partial charge < -0.3 is 14.3 Å². The Labute approximate surface area is 311 Å². The Morgan fingerprint density at radius 3 is 2.00 bits per heavy atom. The van der Waals surface area contributed by atoms with Gasteiger partial charge in [0.15, 0.2) is 0 Å². The van der Waals surface area contributed by atoms with E-state index < -0.39 is 30.3 Å². The van der Waals surface area contributed by atoms with Crippen molar-refractivity contribution >= 4 is 36.0 Å². The highest BCUT2D eigenvalue weighted by Gasteiger charge is 2.51. The average molecular weight is 734 g/mol. The second-order valence-electron chi connectivity index (χ2n) is 15.3.